The van der Waals surface area contributed by atoms with Gasteiger partial charge in [-0.05, 0) is 18.2 Å². The first-order valence-electron chi connectivity index (χ1n) is 5.26. The minimum absolute atomic E-state index is 0.133. The molecule has 2 N–H and O–H groups in total. The highest BCUT2D eigenvalue weighted by Gasteiger charge is 2.11. The fourth-order valence-electron chi connectivity index (χ4n) is 1.31. The maximum atomic E-state index is 13.0. The van der Waals surface area contributed by atoms with Gasteiger partial charge in [0.1, 0.15) is 6.61 Å². The van der Waals surface area contributed by atoms with E-state index in [0.29, 0.717) is 18.7 Å². The summed E-state index contributed by atoms with van der Waals surface area (Å²) in [6, 6.07) is 3.38. The highest BCUT2D eigenvalue weighted by Crippen LogP contribution is 2.18. The van der Waals surface area contributed by atoms with Crippen LogP contribution in [0, 0.1) is 11.6 Å². The van der Waals surface area contributed by atoms with Crippen molar-refractivity contribution >= 4 is 0 Å². The lowest BCUT2D eigenvalue weighted by Crippen LogP contribution is -2.08. The Morgan fingerprint density at radius 1 is 1.28 bits per heavy atom. The minimum atomic E-state index is -0.960. The molecule has 0 bridgehead atoms. The van der Waals surface area contributed by atoms with Crippen molar-refractivity contribution in [3.05, 3.63) is 35.7 Å². The van der Waals surface area contributed by atoms with Crippen molar-refractivity contribution in [2.45, 2.75) is 6.61 Å². The lowest BCUT2D eigenvalue weighted by molar-refractivity contribution is 0.104. The molecule has 1 aromatic heterocycles. The number of nitrogens with zero attached hydrogens (tertiary/aromatic N) is 2. The molecule has 7 heteroatoms. The van der Waals surface area contributed by atoms with Crippen LogP contribution in [0.5, 0.6) is 0 Å². The van der Waals surface area contributed by atoms with Gasteiger partial charge in [0.2, 0.25) is 5.82 Å². The summed E-state index contributed by atoms with van der Waals surface area (Å²) in [6.45, 7) is 0.904. The summed E-state index contributed by atoms with van der Waals surface area (Å²) < 4.78 is 35.8. The second-order valence-corrected chi connectivity index (χ2v) is 3.48. The Hall–Kier alpha value is -1.86. The number of hydrogen-bond donors (Lipinski definition) is 1. The van der Waals surface area contributed by atoms with Crippen LogP contribution in [0.25, 0.3) is 11.4 Å². The van der Waals surface area contributed by atoms with Gasteiger partial charge >= 0.3 is 0 Å². The molecule has 0 aliphatic carbocycles. The van der Waals surface area contributed by atoms with E-state index in [1.165, 1.54) is 6.07 Å². The molecule has 96 valence electrons. The number of hydrogen-bond acceptors (Lipinski definition) is 5. The topological polar surface area (TPSA) is 74.2 Å². The molecular weight excluding hydrogens is 244 g/mol. The van der Waals surface area contributed by atoms with Crippen molar-refractivity contribution in [2.24, 2.45) is 5.73 Å². The van der Waals surface area contributed by atoms with Crippen LogP contribution in [0.2, 0.25) is 0 Å². The molecule has 1 heterocycles. The van der Waals surface area contributed by atoms with Crippen LogP contribution in [0.15, 0.2) is 22.7 Å². The number of rotatable bonds is 5. The Bertz CT molecular complexity index is 531. The van der Waals surface area contributed by atoms with Gasteiger partial charge in [0.25, 0.3) is 5.89 Å². The molecule has 0 radical (unpaired) electrons. The molecule has 0 unspecified atom stereocenters. The monoisotopic (exact) mass is 255 g/mol. The normalized spacial score (nSPS) is 10.8. The molecule has 5 nitrogen and oxygen atoms in total. The SMILES string of the molecule is NCCOCc1nc(-c2ccc(F)c(F)c2)no1. The summed E-state index contributed by atoms with van der Waals surface area (Å²) in [5, 5.41) is 3.65. The predicted molar refractivity (Wildman–Crippen MR) is 58.4 cm³/mol. The second kappa shape index (κ2) is 5.65. The summed E-state index contributed by atoms with van der Waals surface area (Å²) in [5.74, 6) is -1.45. The summed E-state index contributed by atoms with van der Waals surface area (Å²) in [5.41, 5.74) is 5.59. The maximum Gasteiger partial charge on any atom is 0.252 e. The first-order chi connectivity index (χ1) is 8.70. The molecule has 0 aliphatic heterocycles. The zero-order valence-electron chi connectivity index (χ0n) is 9.40. The standard InChI is InChI=1S/C11H11F2N3O2/c12-8-2-1-7(5-9(8)13)11-15-10(18-16-11)6-17-4-3-14/h1-2,5H,3-4,6,14H2. The van der Waals surface area contributed by atoms with Crippen LogP contribution in [0.4, 0.5) is 8.78 Å². The smallest absolute Gasteiger partial charge is 0.252 e. The van der Waals surface area contributed by atoms with E-state index in [1.54, 1.807) is 0 Å². The van der Waals surface area contributed by atoms with Gasteiger partial charge < -0.3 is 15.0 Å². The van der Waals surface area contributed by atoms with Gasteiger partial charge in [-0.15, -0.1) is 0 Å². The van der Waals surface area contributed by atoms with E-state index < -0.39 is 11.6 Å². The Balaban J connectivity index is 2.11. The van der Waals surface area contributed by atoms with E-state index in [0.717, 1.165) is 12.1 Å². The van der Waals surface area contributed by atoms with Crippen LogP contribution < -0.4 is 5.73 Å². The number of halogens is 2. The van der Waals surface area contributed by atoms with E-state index in [4.69, 9.17) is 15.0 Å². The van der Waals surface area contributed by atoms with Crippen LogP contribution in [0.3, 0.4) is 0 Å². The molecule has 1 aromatic carbocycles. The molecule has 0 aliphatic rings. The molecule has 2 aromatic rings. The highest BCUT2D eigenvalue weighted by atomic mass is 19.2. The van der Waals surface area contributed by atoms with Crippen LogP contribution in [0.1, 0.15) is 5.89 Å². The Labute approximate surface area is 102 Å². The molecule has 0 saturated heterocycles. The largest absolute Gasteiger partial charge is 0.370 e. The van der Waals surface area contributed by atoms with Gasteiger partial charge in [-0.1, -0.05) is 5.16 Å². The fourth-order valence-corrected chi connectivity index (χ4v) is 1.31. The highest BCUT2D eigenvalue weighted by molar-refractivity contribution is 5.54. The van der Waals surface area contributed by atoms with Gasteiger partial charge in [-0.2, -0.15) is 4.98 Å². The number of nitrogens with two attached hydrogens (primary N) is 1. The van der Waals surface area contributed by atoms with E-state index in [1.807, 2.05) is 0 Å². The van der Waals surface area contributed by atoms with Gasteiger partial charge in [-0.25, -0.2) is 8.78 Å². The number of aromatic nitrogens is 2. The lowest BCUT2D eigenvalue weighted by atomic mass is 10.2. The Kier molecular flexibility index (Phi) is 3.96. The first kappa shape index (κ1) is 12.6. The Morgan fingerprint density at radius 3 is 2.83 bits per heavy atom. The van der Waals surface area contributed by atoms with Crippen molar-refractivity contribution in [1.29, 1.82) is 0 Å². The summed E-state index contributed by atoms with van der Waals surface area (Å²) >= 11 is 0. The van der Waals surface area contributed by atoms with Crippen molar-refractivity contribution < 1.29 is 18.0 Å². The minimum Gasteiger partial charge on any atom is -0.370 e. The molecule has 0 atom stereocenters. The molecule has 0 fully saturated rings. The predicted octanol–water partition coefficient (Wildman–Crippen LogP) is 1.49. The van der Waals surface area contributed by atoms with Crippen LogP contribution in [-0.2, 0) is 11.3 Å². The van der Waals surface area contributed by atoms with Crippen LogP contribution in [-0.4, -0.2) is 23.3 Å². The molecule has 0 saturated carbocycles. The summed E-state index contributed by atoms with van der Waals surface area (Å²) in [4.78, 5) is 3.99. The van der Waals surface area contributed by atoms with Crippen molar-refractivity contribution in [3.63, 3.8) is 0 Å². The molecule has 18 heavy (non-hydrogen) atoms. The Morgan fingerprint density at radius 2 is 2.11 bits per heavy atom. The number of benzene rings is 1. The summed E-state index contributed by atoms with van der Waals surface area (Å²) in [6.07, 6.45) is 0. The second-order valence-electron chi connectivity index (χ2n) is 3.48. The first-order valence-corrected chi connectivity index (χ1v) is 5.26. The van der Waals surface area contributed by atoms with E-state index in [2.05, 4.69) is 10.1 Å². The molecule has 2 rings (SSSR count). The average molecular weight is 255 g/mol. The molecular formula is C11H11F2N3O2. The maximum absolute atomic E-state index is 13.0. The average Bonchev–Trinajstić information content (AvgIpc) is 2.82. The fraction of sp³-hybridized carbons (Fsp3) is 0.273. The van der Waals surface area contributed by atoms with E-state index in [-0.39, 0.29) is 18.3 Å². The molecule has 0 spiro atoms. The van der Waals surface area contributed by atoms with E-state index in [9.17, 15) is 8.78 Å². The quantitative estimate of drug-likeness (QED) is 0.819. The number of ether oxygens (including phenoxy) is 1. The van der Waals surface area contributed by atoms with Crippen LogP contribution >= 0.6 is 0 Å². The summed E-state index contributed by atoms with van der Waals surface area (Å²) in [7, 11) is 0. The van der Waals surface area contributed by atoms with Gasteiger partial charge in [0.05, 0.1) is 6.61 Å². The zero-order chi connectivity index (χ0) is 13.0. The van der Waals surface area contributed by atoms with Crippen molar-refractivity contribution in [2.75, 3.05) is 13.2 Å². The zero-order valence-corrected chi connectivity index (χ0v) is 9.40. The van der Waals surface area contributed by atoms with Gasteiger partial charge in [0, 0.05) is 12.1 Å². The van der Waals surface area contributed by atoms with E-state index >= 15 is 0 Å². The third kappa shape index (κ3) is 2.88. The third-order valence-electron chi connectivity index (χ3n) is 2.13. The lowest BCUT2D eigenvalue weighted by Gasteiger charge is -1.96. The molecule has 0 amide bonds. The van der Waals surface area contributed by atoms with Gasteiger partial charge in [0.15, 0.2) is 11.6 Å². The third-order valence-corrected chi connectivity index (χ3v) is 2.13. The van der Waals surface area contributed by atoms with Crippen molar-refractivity contribution in [3.8, 4) is 11.4 Å². The van der Waals surface area contributed by atoms with Crippen molar-refractivity contribution in [1.82, 2.24) is 10.1 Å². The van der Waals surface area contributed by atoms with Gasteiger partial charge in [-0.3, -0.25) is 0 Å².